The first-order valence-corrected chi connectivity index (χ1v) is 6.68. The van der Waals surface area contributed by atoms with Crippen molar-refractivity contribution in [3.63, 3.8) is 0 Å². The summed E-state index contributed by atoms with van der Waals surface area (Å²) in [6.07, 6.45) is 8.64. The van der Waals surface area contributed by atoms with E-state index in [1.54, 1.807) is 7.11 Å². The third kappa shape index (κ3) is 2.50. The van der Waals surface area contributed by atoms with E-state index < -0.39 is 0 Å². The molecule has 0 bridgehead atoms. The van der Waals surface area contributed by atoms with Gasteiger partial charge in [0.05, 0.1) is 7.11 Å². The van der Waals surface area contributed by atoms with Gasteiger partial charge >= 0.3 is 0 Å². The number of hydrogen-bond donors (Lipinski definition) is 0. The molecule has 18 heavy (non-hydrogen) atoms. The second-order valence-electron chi connectivity index (χ2n) is 5.02. The van der Waals surface area contributed by atoms with Crippen molar-refractivity contribution in [1.29, 1.82) is 0 Å². The van der Waals surface area contributed by atoms with Crippen LogP contribution in [0.25, 0.3) is 0 Å². The van der Waals surface area contributed by atoms with E-state index in [1.807, 2.05) is 6.08 Å². The zero-order valence-electron chi connectivity index (χ0n) is 11.2. The van der Waals surface area contributed by atoms with Gasteiger partial charge in [0.15, 0.2) is 0 Å². The van der Waals surface area contributed by atoms with Gasteiger partial charge in [0, 0.05) is 0 Å². The topological polar surface area (TPSA) is 9.23 Å². The van der Waals surface area contributed by atoms with Gasteiger partial charge in [-0.1, -0.05) is 18.2 Å². The quantitative estimate of drug-likeness (QED) is 0.691. The first-order chi connectivity index (χ1) is 8.80. The number of rotatable bonds is 5. The SMILES string of the molecule is C=CCC1CCc2cc(OC)ccc2C1CC=C. The monoisotopic (exact) mass is 242 g/mol. The van der Waals surface area contributed by atoms with Crippen molar-refractivity contribution < 1.29 is 4.74 Å². The molecular weight excluding hydrogens is 220 g/mol. The predicted molar refractivity (Wildman–Crippen MR) is 77.2 cm³/mol. The van der Waals surface area contributed by atoms with E-state index in [9.17, 15) is 0 Å². The molecule has 2 unspecified atom stereocenters. The number of fused-ring (bicyclic) bond motifs is 1. The molecule has 0 heterocycles. The summed E-state index contributed by atoms with van der Waals surface area (Å²) in [6, 6.07) is 6.50. The predicted octanol–water partition coefficient (Wildman–Crippen LogP) is 4.49. The molecule has 0 radical (unpaired) electrons. The van der Waals surface area contributed by atoms with E-state index in [0.717, 1.165) is 25.0 Å². The summed E-state index contributed by atoms with van der Waals surface area (Å²) in [5, 5.41) is 0. The van der Waals surface area contributed by atoms with Gasteiger partial charge < -0.3 is 4.74 Å². The van der Waals surface area contributed by atoms with Crippen LogP contribution in [-0.4, -0.2) is 7.11 Å². The molecule has 1 aliphatic carbocycles. The average Bonchev–Trinajstić information content (AvgIpc) is 2.41. The van der Waals surface area contributed by atoms with E-state index >= 15 is 0 Å². The van der Waals surface area contributed by atoms with Crippen LogP contribution < -0.4 is 4.74 Å². The molecule has 0 aliphatic heterocycles. The highest BCUT2D eigenvalue weighted by Crippen LogP contribution is 2.41. The van der Waals surface area contributed by atoms with Gasteiger partial charge in [-0.2, -0.15) is 0 Å². The Bertz CT molecular complexity index is 433. The highest BCUT2D eigenvalue weighted by molar-refractivity contribution is 5.40. The van der Waals surface area contributed by atoms with Crippen molar-refractivity contribution in [2.75, 3.05) is 7.11 Å². The third-order valence-electron chi connectivity index (χ3n) is 3.99. The molecule has 0 saturated heterocycles. The standard InChI is InChI=1S/C17H22O/c1-4-6-13-8-9-14-12-15(18-3)10-11-17(14)16(13)7-5-2/h4-5,10-13,16H,1-2,6-9H2,3H3. The van der Waals surface area contributed by atoms with Crippen molar-refractivity contribution in [3.8, 4) is 5.75 Å². The molecule has 1 heteroatoms. The largest absolute Gasteiger partial charge is 0.497 e. The van der Waals surface area contributed by atoms with Gasteiger partial charge in [-0.25, -0.2) is 0 Å². The molecule has 0 amide bonds. The maximum absolute atomic E-state index is 5.31. The fraction of sp³-hybridized carbons (Fsp3) is 0.412. The van der Waals surface area contributed by atoms with Gasteiger partial charge in [-0.15, -0.1) is 13.2 Å². The second-order valence-corrected chi connectivity index (χ2v) is 5.02. The van der Waals surface area contributed by atoms with Gasteiger partial charge in [0.2, 0.25) is 0 Å². The van der Waals surface area contributed by atoms with E-state index in [-0.39, 0.29) is 0 Å². The van der Waals surface area contributed by atoms with Crippen molar-refractivity contribution in [2.45, 2.75) is 31.6 Å². The number of allylic oxidation sites excluding steroid dienone is 2. The lowest BCUT2D eigenvalue weighted by Crippen LogP contribution is -2.20. The zero-order valence-corrected chi connectivity index (χ0v) is 11.2. The molecule has 1 aliphatic rings. The summed E-state index contributed by atoms with van der Waals surface area (Å²) in [4.78, 5) is 0. The normalized spacial score (nSPS) is 22.1. The van der Waals surface area contributed by atoms with Crippen LogP contribution in [0.2, 0.25) is 0 Å². The molecule has 0 spiro atoms. The van der Waals surface area contributed by atoms with Crippen LogP contribution in [0.4, 0.5) is 0 Å². The molecule has 1 aromatic rings. The Kier molecular flexibility index (Phi) is 4.24. The zero-order chi connectivity index (χ0) is 13.0. The van der Waals surface area contributed by atoms with Gasteiger partial charge in [-0.3, -0.25) is 0 Å². The Labute approximate surface area is 110 Å². The number of benzene rings is 1. The fourth-order valence-corrected chi connectivity index (χ4v) is 3.08. The van der Waals surface area contributed by atoms with Crippen LogP contribution in [0.15, 0.2) is 43.5 Å². The third-order valence-corrected chi connectivity index (χ3v) is 3.99. The average molecular weight is 242 g/mol. The van der Waals surface area contributed by atoms with E-state index in [4.69, 9.17) is 4.74 Å². The first kappa shape index (κ1) is 12.9. The minimum absolute atomic E-state index is 0.593. The summed E-state index contributed by atoms with van der Waals surface area (Å²) in [6.45, 7) is 7.79. The molecule has 1 aromatic carbocycles. The van der Waals surface area contributed by atoms with E-state index in [0.29, 0.717) is 11.8 Å². The van der Waals surface area contributed by atoms with Crippen LogP contribution >= 0.6 is 0 Å². The number of methoxy groups -OCH3 is 1. The summed E-state index contributed by atoms with van der Waals surface area (Å²) in [5.74, 6) is 2.27. The van der Waals surface area contributed by atoms with Crippen molar-refractivity contribution in [2.24, 2.45) is 5.92 Å². The Balaban J connectivity index is 2.33. The number of aryl methyl sites for hydroxylation is 1. The Morgan fingerprint density at radius 3 is 2.72 bits per heavy atom. The van der Waals surface area contributed by atoms with Crippen LogP contribution in [0, 0.1) is 5.92 Å². The van der Waals surface area contributed by atoms with Gasteiger partial charge in [0.25, 0.3) is 0 Å². The highest BCUT2D eigenvalue weighted by atomic mass is 16.5. The molecular formula is C17H22O. The lowest BCUT2D eigenvalue weighted by atomic mass is 9.72. The highest BCUT2D eigenvalue weighted by Gasteiger charge is 2.27. The Hall–Kier alpha value is -1.50. The molecule has 1 nitrogen and oxygen atoms in total. The Morgan fingerprint density at radius 2 is 2.06 bits per heavy atom. The number of ether oxygens (including phenoxy) is 1. The van der Waals surface area contributed by atoms with Crippen LogP contribution in [-0.2, 0) is 6.42 Å². The van der Waals surface area contributed by atoms with Crippen LogP contribution in [0.3, 0.4) is 0 Å². The molecule has 0 saturated carbocycles. The molecule has 0 aromatic heterocycles. The Morgan fingerprint density at radius 1 is 1.28 bits per heavy atom. The van der Waals surface area contributed by atoms with Crippen molar-refractivity contribution in [3.05, 3.63) is 54.6 Å². The molecule has 2 rings (SSSR count). The van der Waals surface area contributed by atoms with Crippen molar-refractivity contribution in [1.82, 2.24) is 0 Å². The lowest BCUT2D eigenvalue weighted by molar-refractivity contribution is 0.372. The van der Waals surface area contributed by atoms with Gasteiger partial charge in [-0.05, 0) is 60.8 Å². The van der Waals surface area contributed by atoms with Crippen LogP contribution in [0.1, 0.15) is 36.3 Å². The van der Waals surface area contributed by atoms with E-state index in [2.05, 4.69) is 37.4 Å². The smallest absolute Gasteiger partial charge is 0.119 e. The summed E-state index contributed by atoms with van der Waals surface area (Å²) in [5.41, 5.74) is 2.93. The number of hydrogen-bond acceptors (Lipinski definition) is 1. The fourth-order valence-electron chi connectivity index (χ4n) is 3.08. The summed E-state index contributed by atoms with van der Waals surface area (Å²) in [7, 11) is 1.73. The summed E-state index contributed by atoms with van der Waals surface area (Å²) < 4.78 is 5.31. The van der Waals surface area contributed by atoms with Gasteiger partial charge in [0.1, 0.15) is 5.75 Å². The second kappa shape index (κ2) is 5.90. The first-order valence-electron chi connectivity index (χ1n) is 6.68. The lowest BCUT2D eigenvalue weighted by Gasteiger charge is -2.33. The van der Waals surface area contributed by atoms with E-state index in [1.165, 1.54) is 17.5 Å². The molecule has 96 valence electrons. The molecule has 0 fully saturated rings. The minimum atomic E-state index is 0.593. The minimum Gasteiger partial charge on any atom is -0.497 e. The van der Waals surface area contributed by atoms with Crippen LogP contribution in [0.5, 0.6) is 5.75 Å². The molecule has 0 N–H and O–H groups in total. The molecule has 2 atom stereocenters. The van der Waals surface area contributed by atoms with Crippen molar-refractivity contribution >= 4 is 0 Å². The maximum atomic E-state index is 5.31. The summed E-state index contributed by atoms with van der Waals surface area (Å²) >= 11 is 0. The maximum Gasteiger partial charge on any atom is 0.119 e.